The molecule has 7 amide bonds. The van der Waals surface area contributed by atoms with Crippen LogP contribution in [-0.2, 0) is 75.3 Å². The lowest BCUT2D eigenvalue weighted by Gasteiger charge is -2.29. The minimum Gasteiger partial charge on any atom is -0.381 e. The Bertz CT molecular complexity index is 3220. The van der Waals surface area contributed by atoms with Crippen LogP contribution in [0.4, 0.5) is 10.1 Å². The molecule has 4 atom stereocenters. The van der Waals surface area contributed by atoms with Crippen LogP contribution < -0.4 is 37.0 Å². The van der Waals surface area contributed by atoms with E-state index in [1.807, 2.05) is 13.8 Å². The number of carbonyl (C=O) groups excluding carboxylic acids is 8. The van der Waals surface area contributed by atoms with E-state index in [1.54, 1.807) is 72.2 Å². The van der Waals surface area contributed by atoms with Gasteiger partial charge in [0.1, 0.15) is 24.7 Å². The SMILES string of the molecule is CC.Cc1c(F)cc2nc3c(c4c2c1CCC4COCNC(=O)CNC(=O)C(Cc1ccccc1)NC(=O)CNC(=O)CNC(=O)CCCc1ccc(N2C(=O)CC(S)C2=O)cc1)Cn1c-3cc2c(c1=O)CCC(=O)C2O. The van der Waals surface area contributed by atoms with Gasteiger partial charge in [0.05, 0.1) is 60.6 Å². The molecule has 3 aromatic carbocycles. The number of fused-ring (bicyclic) bond motifs is 5. The summed E-state index contributed by atoms with van der Waals surface area (Å²) < 4.78 is 22.9. The number of Topliss-reactive ketones (excluding diaryl/α,β-unsaturated/α-hetero) is 1. The molecule has 5 aromatic rings. The van der Waals surface area contributed by atoms with E-state index in [1.165, 1.54) is 6.07 Å². The van der Waals surface area contributed by atoms with Crippen LogP contribution in [0.5, 0.6) is 0 Å². The number of aliphatic hydroxyl groups excluding tert-OH is 1. The number of ether oxygens (including phenoxy) is 1. The predicted molar refractivity (Wildman–Crippen MR) is 285 cm³/mol. The summed E-state index contributed by atoms with van der Waals surface area (Å²) in [5.74, 6) is -4.63. The van der Waals surface area contributed by atoms with E-state index in [0.29, 0.717) is 59.4 Å². The molecule has 0 spiro atoms. The number of hydrogen-bond acceptors (Lipinski definition) is 13. The molecule has 4 heterocycles. The van der Waals surface area contributed by atoms with Crippen molar-refractivity contribution in [3.05, 3.63) is 127 Å². The highest BCUT2D eigenvalue weighted by molar-refractivity contribution is 7.82. The molecule has 404 valence electrons. The fraction of sp³-hybridized carbons (Fsp3) is 0.393. The smallest absolute Gasteiger partial charge is 0.254 e. The van der Waals surface area contributed by atoms with Gasteiger partial charge >= 0.3 is 0 Å². The average molecular weight is 1070 g/mol. The Morgan fingerprint density at radius 1 is 0.831 bits per heavy atom. The number of anilines is 1. The number of aliphatic hydroxyl groups is 1. The van der Waals surface area contributed by atoms with Crippen LogP contribution in [0.2, 0.25) is 0 Å². The summed E-state index contributed by atoms with van der Waals surface area (Å²) in [6, 6.07) is 17.7. The fourth-order valence-corrected chi connectivity index (χ4v) is 10.6. The summed E-state index contributed by atoms with van der Waals surface area (Å²) in [6.07, 6.45) is 1.19. The number of hydrogen-bond donors (Lipinski definition) is 7. The molecular weight excluding hydrogens is 1010 g/mol. The number of thiol groups is 1. The molecule has 19 nitrogen and oxygen atoms in total. The van der Waals surface area contributed by atoms with Crippen LogP contribution in [0.3, 0.4) is 0 Å². The highest BCUT2D eigenvalue weighted by Crippen LogP contribution is 2.46. The number of nitrogens with one attached hydrogen (secondary N) is 5. The van der Waals surface area contributed by atoms with E-state index in [4.69, 9.17) is 9.72 Å². The van der Waals surface area contributed by atoms with Gasteiger partial charge in [-0.1, -0.05) is 56.3 Å². The lowest BCUT2D eigenvalue weighted by Crippen LogP contribution is -2.52. The van der Waals surface area contributed by atoms with Crippen LogP contribution >= 0.6 is 12.6 Å². The maximum Gasteiger partial charge on any atom is 0.254 e. The number of rotatable bonds is 19. The summed E-state index contributed by atoms with van der Waals surface area (Å²) in [6.45, 7) is 4.49. The zero-order valence-corrected chi connectivity index (χ0v) is 43.9. The Hall–Kier alpha value is -7.62. The number of aromatic nitrogens is 2. The number of ketones is 1. The van der Waals surface area contributed by atoms with Crippen molar-refractivity contribution in [3.63, 3.8) is 0 Å². The van der Waals surface area contributed by atoms with Crippen molar-refractivity contribution < 1.29 is 52.6 Å². The number of pyridine rings is 2. The molecule has 2 aromatic heterocycles. The quantitative estimate of drug-likeness (QED) is 0.0267. The molecule has 9 rings (SSSR count). The third-order valence-electron chi connectivity index (χ3n) is 14.2. The monoisotopic (exact) mass is 1070 g/mol. The van der Waals surface area contributed by atoms with E-state index in [0.717, 1.165) is 38.1 Å². The summed E-state index contributed by atoms with van der Waals surface area (Å²) >= 11 is 4.15. The number of imide groups is 1. The number of benzene rings is 3. The third kappa shape index (κ3) is 12.3. The summed E-state index contributed by atoms with van der Waals surface area (Å²) in [5, 5.41) is 23.6. The Kier molecular flexibility index (Phi) is 17.8. The molecule has 0 bridgehead atoms. The fourth-order valence-electron chi connectivity index (χ4n) is 10.3. The second kappa shape index (κ2) is 24.6. The maximum atomic E-state index is 15.3. The van der Waals surface area contributed by atoms with Crippen molar-refractivity contribution in [2.45, 2.75) is 108 Å². The normalized spacial score (nSPS) is 17.4. The van der Waals surface area contributed by atoms with Gasteiger partial charge in [0, 0.05) is 54.2 Å². The van der Waals surface area contributed by atoms with Gasteiger partial charge in [-0.3, -0.25) is 43.2 Å². The zero-order chi connectivity index (χ0) is 55.1. The first-order valence-electron chi connectivity index (χ1n) is 25.8. The van der Waals surface area contributed by atoms with Crippen LogP contribution in [0, 0.1) is 12.7 Å². The number of nitrogens with zero attached hydrogens (tertiary/aromatic N) is 3. The summed E-state index contributed by atoms with van der Waals surface area (Å²) in [5.41, 5.74) is 6.71. The van der Waals surface area contributed by atoms with Crippen LogP contribution in [0.25, 0.3) is 22.3 Å². The number of aryl methyl sites for hydroxylation is 2. The highest BCUT2D eigenvalue weighted by Gasteiger charge is 2.39. The summed E-state index contributed by atoms with van der Waals surface area (Å²) in [4.78, 5) is 121. The Morgan fingerprint density at radius 2 is 1.53 bits per heavy atom. The second-order valence-corrected chi connectivity index (χ2v) is 19.8. The minimum atomic E-state index is -1.42. The first-order valence-corrected chi connectivity index (χ1v) is 26.3. The Morgan fingerprint density at radius 3 is 2.26 bits per heavy atom. The largest absolute Gasteiger partial charge is 0.381 e. The van der Waals surface area contributed by atoms with Crippen molar-refractivity contribution in [1.29, 1.82) is 0 Å². The first kappa shape index (κ1) is 55.6. The number of halogens is 1. The van der Waals surface area contributed by atoms with Gasteiger partial charge < -0.3 is 41.0 Å². The second-order valence-electron chi connectivity index (χ2n) is 19.2. The number of amides is 7. The van der Waals surface area contributed by atoms with Gasteiger partial charge in [-0.25, -0.2) is 14.3 Å². The van der Waals surface area contributed by atoms with Gasteiger partial charge in [-0.15, -0.1) is 0 Å². The number of carbonyl (C=O) groups is 8. The van der Waals surface area contributed by atoms with Crippen LogP contribution in [-0.4, -0.2) is 106 Å². The topological polar surface area (TPSA) is 264 Å². The van der Waals surface area contributed by atoms with Crippen LogP contribution in [0.1, 0.15) is 102 Å². The standard InChI is InChI=1S/C54H55FN8O11S.C2H6/c1-28-33-15-12-31(48-36-25-62-40(50(36)61-38(49(33)48)20-37(28)55)19-35-34(53(62)72)16-17-41(64)51(35)70)26-74-27-59-45(67)23-58-52(71)39(18-30-6-3-2-4-7-30)60-46(68)24-57-44(66)22-56-43(65)9-5-8-29-10-13-32(14-11-29)63-47(69)21-42(75)54(63)73;1-2/h2-4,6-7,10-11,13-14,19-20,31,39,42,51,70,75H,5,8-9,12,15-18,21-27H2,1H3,(H,56,65)(H,57,66)(H,58,71)(H,59,67)(H,60,68);1-2H3. The molecule has 2 aliphatic heterocycles. The van der Waals surface area contributed by atoms with E-state index >= 15 is 4.39 Å². The van der Waals surface area contributed by atoms with Gasteiger partial charge in [-0.2, -0.15) is 12.6 Å². The first-order chi connectivity index (χ1) is 37.1. The van der Waals surface area contributed by atoms with Crippen molar-refractivity contribution in [2.24, 2.45) is 0 Å². The Balaban J connectivity index is 0.00000387. The van der Waals surface area contributed by atoms with Crippen molar-refractivity contribution in [2.75, 3.05) is 37.9 Å². The van der Waals surface area contributed by atoms with Crippen molar-refractivity contribution in [3.8, 4) is 11.4 Å². The van der Waals surface area contributed by atoms with E-state index in [-0.39, 0.29) is 92.5 Å². The van der Waals surface area contributed by atoms with Gasteiger partial charge in [0.15, 0.2) is 5.78 Å². The van der Waals surface area contributed by atoms with Gasteiger partial charge in [0.2, 0.25) is 41.4 Å². The van der Waals surface area contributed by atoms with E-state index in [9.17, 15) is 48.3 Å². The van der Waals surface area contributed by atoms with E-state index in [2.05, 4.69) is 39.2 Å². The lowest BCUT2D eigenvalue weighted by molar-refractivity contribution is -0.131. The van der Waals surface area contributed by atoms with Crippen molar-refractivity contribution >= 4 is 76.4 Å². The summed E-state index contributed by atoms with van der Waals surface area (Å²) in [7, 11) is 0. The van der Waals surface area contributed by atoms with Crippen LogP contribution in [0.15, 0.2) is 71.5 Å². The van der Waals surface area contributed by atoms with Crippen molar-refractivity contribution in [1.82, 2.24) is 36.1 Å². The molecule has 1 saturated heterocycles. The molecule has 0 saturated carbocycles. The highest BCUT2D eigenvalue weighted by atomic mass is 32.1. The molecule has 1 fully saturated rings. The molecule has 6 N–H and O–H groups in total. The molecule has 4 unspecified atom stereocenters. The van der Waals surface area contributed by atoms with E-state index < -0.39 is 66.5 Å². The minimum absolute atomic E-state index is 0.0437. The molecule has 77 heavy (non-hydrogen) atoms. The lowest BCUT2D eigenvalue weighted by atomic mass is 9.78. The molecule has 21 heteroatoms. The maximum absolute atomic E-state index is 15.3. The third-order valence-corrected chi connectivity index (χ3v) is 14.6. The molecule has 0 radical (unpaired) electrons. The van der Waals surface area contributed by atoms with Gasteiger partial charge in [-0.05, 0) is 90.6 Å². The molecular formula is C56H61FN8O11S. The van der Waals surface area contributed by atoms with Gasteiger partial charge in [0.25, 0.3) is 5.56 Å². The molecule has 4 aliphatic rings. The average Bonchev–Trinajstić information content (AvgIpc) is 3.95. The molecule has 2 aliphatic carbocycles. The Labute approximate surface area is 448 Å². The zero-order valence-electron chi connectivity index (χ0n) is 43.0. The predicted octanol–water partition coefficient (Wildman–Crippen LogP) is 3.23.